The largest absolute Gasteiger partial charge is 0.317 e. The highest BCUT2D eigenvalue weighted by Crippen LogP contribution is 2.25. The van der Waals surface area contributed by atoms with Gasteiger partial charge in [0.1, 0.15) is 5.82 Å². The molecular formula is C13H17N5. The lowest BCUT2D eigenvalue weighted by atomic mass is 9.97. The van der Waals surface area contributed by atoms with Crippen molar-refractivity contribution in [3.05, 3.63) is 30.4 Å². The Bertz CT molecular complexity index is 513. The zero-order valence-electron chi connectivity index (χ0n) is 10.5. The van der Waals surface area contributed by atoms with Crippen LogP contribution in [0, 0.1) is 0 Å². The number of hydrogen-bond acceptors (Lipinski definition) is 4. The van der Waals surface area contributed by atoms with Crippen LogP contribution in [0.4, 0.5) is 0 Å². The van der Waals surface area contributed by atoms with E-state index >= 15 is 0 Å². The highest BCUT2D eigenvalue weighted by molar-refractivity contribution is 5.52. The lowest BCUT2D eigenvalue weighted by molar-refractivity contribution is 0.432. The Hall–Kier alpha value is -1.75. The molecule has 1 aliphatic rings. The molecule has 1 saturated heterocycles. The van der Waals surface area contributed by atoms with Gasteiger partial charge in [-0.2, -0.15) is 5.10 Å². The van der Waals surface area contributed by atoms with Gasteiger partial charge in [0.2, 0.25) is 0 Å². The fourth-order valence-electron chi connectivity index (χ4n) is 2.45. The molecule has 1 N–H and O–H groups in total. The van der Waals surface area contributed by atoms with E-state index in [2.05, 4.69) is 20.4 Å². The predicted molar refractivity (Wildman–Crippen MR) is 69.1 cm³/mol. The van der Waals surface area contributed by atoms with Crippen molar-refractivity contribution in [2.45, 2.75) is 18.8 Å². The van der Waals surface area contributed by atoms with E-state index in [1.165, 1.54) is 0 Å². The van der Waals surface area contributed by atoms with Gasteiger partial charge in [0.25, 0.3) is 0 Å². The maximum atomic E-state index is 4.69. The van der Waals surface area contributed by atoms with Gasteiger partial charge in [-0.15, -0.1) is 0 Å². The summed E-state index contributed by atoms with van der Waals surface area (Å²) in [4.78, 5) is 8.80. The van der Waals surface area contributed by atoms with Crippen LogP contribution in [0.25, 0.3) is 11.4 Å². The number of hydrogen-bond donors (Lipinski definition) is 1. The summed E-state index contributed by atoms with van der Waals surface area (Å²) in [6, 6.07) is 3.91. The van der Waals surface area contributed by atoms with Crippen molar-refractivity contribution in [3.63, 3.8) is 0 Å². The molecule has 5 nitrogen and oxygen atoms in total. The van der Waals surface area contributed by atoms with Gasteiger partial charge < -0.3 is 5.32 Å². The predicted octanol–water partition coefficient (Wildman–Crippen LogP) is 1.34. The van der Waals surface area contributed by atoms with Crippen LogP contribution in [0.2, 0.25) is 0 Å². The van der Waals surface area contributed by atoms with E-state index in [0.717, 1.165) is 43.1 Å². The molecule has 3 heterocycles. The number of piperidine rings is 1. The second kappa shape index (κ2) is 4.86. The topological polar surface area (TPSA) is 55.6 Å². The van der Waals surface area contributed by atoms with Crippen LogP contribution in [-0.2, 0) is 7.05 Å². The van der Waals surface area contributed by atoms with E-state index in [0.29, 0.717) is 5.92 Å². The lowest BCUT2D eigenvalue weighted by Gasteiger charge is -2.21. The van der Waals surface area contributed by atoms with Crippen LogP contribution in [0.5, 0.6) is 0 Å². The Labute approximate surface area is 106 Å². The number of nitrogens with one attached hydrogen (secondary N) is 1. The van der Waals surface area contributed by atoms with E-state index < -0.39 is 0 Å². The monoisotopic (exact) mass is 243 g/mol. The molecular weight excluding hydrogens is 226 g/mol. The van der Waals surface area contributed by atoms with Crippen molar-refractivity contribution in [1.29, 1.82) is 0 Å². The molecule has 94 valence electrons. The molecule has 1 aliphatic heterocycles. The fraction of sp³-hybridized carbons (Fsp3) is 0.462. The van der Waals surface area contributed by atoms with Crippen molar-refractivity contribution in [1.82, 2.24) is 25.1 Å². The minimum atomic E-state index is 0.522. The average molecular weight is 243 g/mol. The van der Waals surface area contributed by atoms with E-state index in [1.807, 2.05) is 30.1 Å². The van der Waals surface area contributed by atoms with Crippen molar-refractivity contribution in [2.75, 3.05) is 13.1 Å². The number of nitrogens with zero attached hydrogens (tertiary/aromatic N) is 4. The van der Waals surface area contributed by atoms with Gasteiger partial charge in [-0.1, -0.05) is 0 Å². The van der Waals surface area contributed by atoms with Gasteiger partial charge in [-0.05, 0) is 38.1 Å². The SMILES string of the molecule is Cn1nc(-c2cccnc2)nc1C1CCNCC1. The third-order valence-corrected chi connectivity index (χ3v) is 3.42. The smallest absolute Gasteiger partial charge is 0.182 e. The maximum Gasteiger partial charge on any atom is 0.182 e. The molecule has 0 bridgehead atoms. The molecule has 0 aromatic carbocycles. The van der Waals surface area contributed by atoms with Crippen molar-refractivity contribution in [3.8, 4) is 11.4 Å². The van der Waals surface area contributed by atoms with E-state index in [1.54, 1.807) is 6.20 Å². The number of aromatic nitrogens is 4. The van der Waals surface area contributed by atoms with Crippen LogP contribution in [0.3, 0.4) is 0 Å². The van der Waals surface area contributed by atoms with Crippen molar-refractivity contribution in [2.24, 2.45) is 7.05 Å². The number of aryl methyl sites for hydroxylation is 1. The molecule has 0 atom stereocenters. The van der Waals surface area contributed by atoms with E-state index in [9.17, 15) is 0 Å². The summed E-state index contributed by atoms with van der Waals surface area (Å²) in [5.41, 5.74) is 0.980. The first-order valence-electron chi connectivity index (χ1n) is 6.36. The summed E-state index contributed by atoms with van der Waals surface area (Å²) in [5.74, 6) is 2.39. The van der Waals surface area contributed by atoms with Gasteiger partial charge in [0.05, 0.1) is 0 Å². The molecule has 0 radical (unpaired) electrons. The quantitative estimate of drug-likeness (QED) is 0.865. The summed E-state index contributed by atoms with van der Waals surface area (Å²) in [5, 5.41) is 7.88. The zero-order chi connectivity index (χ0) is 12.4. The van der Waals surface area contributed by atoms with Gasteiger partial charge in [0, 0.05) is 30.9 Å². The molecule has 18 heavy (non-hydrogen) atoms. The number of rotatable bonds is 2. The van der Waals surface area contributed by atoms with Crippen LogP contribution >= 0.6 is 0 Å². The molecule has 1 fully saturated rings. The average Bonchev–Trinajstić information content (AvgIpc) is 2.83. The zero-order valence-corrected chi connectivity index (χ0v) is 10.5. The molecule has 0 spiro atoms. The second-order valence-corrected chi connectivity index (χ2v) is 4.68. The summed E-state index contributed by atoms with van der Waals surface area (Å²) >= 11 is 0. The minimum Gasteiger partial charge on any atom is -0.317 e. The van der Waals surface area contributed by atoms with Crippen LogP contribution in [0.15, 0.2) is 24.5 Å². The Morgan fingerprint density at radius 1 is 1.33 bits per heavy atom. The van der Waals surface area contributed by atoms with Crippen molar-refractivity contribution < 1.29 is 0 Å². The Morgan fingerprint density at radius 2 is 2.17 bits per heavy atom. The normalized spacial score (nSPS) is 16.9. The molecule has 2 aromatic rings. The third kappa shape index (κ3) is 2.13. The van der Waals surface area contributed by atoms with Gasteiger partial charge in [0.15, 0.2) is 5.82 Å². The number of pyridine rings is 1. The summed E-state index contributed by atoms with van der Waals surface area (Å²) in [6.07, 6.45) is 5.85. The van der Waals surface area contributed by atoms with Gasteiger partial charge in [-0.25, -0.2) is 4.98 Å². The highest BCUT2D eigenvalue weighted by Gasteiger charge is 2.21. The van der Waals surface area contributed by atoms with Crippen LogP contribution < -0.4 is 5.32 Å². The summed E-state index contributed by atoms with van der Waals surface area (Å²) < 4.78 is 1.92. The lowest BCUT2D eigenvalue weighted by Crippen LogP contribution is -2.27. The first-order valence-corrected chi connectivity index (χ1v) is 6.36. The molecule has 0 amide bonds. The van der Waals surface area contributed by atoms with Gasteiger partial charge >= 0.3 is 0 Å². The third-order valence-electron chi connectivity index (χ3n) is 3.42. The van der Waals surface area contributed by atoms with Crippen molar-refractivity contribution >= 4 is 0 Å². The van der Waals surface area contributed by atoms with Gasteiger partial charge in [-0.3, -0.25) is 9.67 Å². The molecule has 5 heteroatoms. The Balaban J connectivity index is 1.91. The van der Waals surface area contributed by atoms with Crippen LogP contribution in [-0.4, -0.2) is 32.8 Å². The molecule has 0 saturated carbocycles. The maximum absolute atomic E-state index is 4.69. The van der Waals surface area contributed by atoms with E-state index in [-0.39, 0.29) is 0 Å². The molecule has 0 aliphatic carbocycles. The standard InChI is InChI=1S/C13H17N5/c1-18-13(10-4-7-14-8-5-10)16-12(17-18)11-3-2-6-15-9-11/h2-3,6,9-10,14H,4-5,7-8H2,1H3. The van der Waals surface area contributed by atoms with E-state index in [4.69, 9.17) is 0 Å². The minimum absolute atomic E-state index is 0.522. The Kier molecular flexibility index (Phi) is 3.06. The van der Waals surface area contributed by atoms with Crippen LogP contribution in [0.1, 0.15) is 24.6 Å². The summed E-state index contributed by atoms with van der Waals surface area (Å²) in [7, 11) is 1.98. The molecule has 2 aromatic heterocycles. The molecule has 0 unspecified atom stereocenters. The summed E-state index contributed by atoms with van der Waals surface area (Å²) in [6.45, 7) is 2.14. The highest BCUT2D eigenvalue weighted by atomic mass is 15.3. The first-order chi connectivity index (χ1) is 8.84. The first kappa shape index (κ1) is 11.3. The molecule has 3 rings (SSSR count). The second-order valence-electron chi connectivity index (χ2n) is 4.68. The Morgan fingerprint density at radius 3 is 2.89 bits per heavy atom. The fourth-order valence-corrected chi connectivity index (χ4v) is 2.45.